The molecule has 0 fully saturated rings. The maximum Gasteiger partial charge on any atom is 0.335 e. The Morgan fingerprint density at radius 2 is 1.64 bits per heavy atom. The van der Waals surface area contributed by atoms with Gasteiger partial charge in [0.25, 0.3) is 0 Å². The number of carboxylic acid groups (broad SMARTS) is 1. The first kappa shape index (κ1) is 15.7. The van der Waals surface area contributed by atoms with Crippen LogP contribution in [0.25, 0.3) is 0 Å². The molecular formula is C17H19N3O2. The highest BCUT2D eigenvalue weighted by Gasteiger charge is 2.07. The predicted molar refractivity (Wildman–Crippen MR) is 87.6 cm³/mol. The lowest BCUT2D eigenvalue weighted by molar-refractivity contribution is 0.0697. The Balaban J connectivity index is 2.24. The summed E-state index contributed by atoms with van der Waals surface area (Å²) in [6.45, 7) is 6.00. The summed E-state index contributed by atoms with van der Waals surface area (Å²) in [4.78, 5) is 13.0. The molecule has 0 amide bonds. The summed E-state index contributed by atoms with van der Waals surface area (Å²) in [6, 6.07) is 14.2. The van der Waals surface area contributed by atoms with Gasteiger partial charge in [0.05, 0.1) is 16.9 Å². The fraction of sp³-hybridized carbons (Fsp3) is 0.235. The number of hydrogen-bond donors (Lipinski definition) is 1. The van der Waals surface area contributed by atoms with Crippen LogP contribution >= 0.6 is 0 Å². The van der Waals surface area contributed by atoms with Crippen molar-refractivity contribution in [2.24, 2.45) is 10.2 Å². The van der Waals surface area contributed by atoms with Crippen LogP contribution in [0.4, 0.5) is 17.1 Å². The van der Waals surface area contributed by atoms with Crippen LogP contribution in [0.2, 0.25) is 0 Å². The molecule has 0 atom stereocenters. The van der Waals surface area contributed by atoms with Gasteiger partial charge < -0.3 is 10.0 Å². The third-order valence-electron chi connectivity index (χ3n) is 3.37. The Hall–Kier alpha value is -2.69. The molecular weight excluding hydrogens is 278 g/mol. The molecule has 0 saturated heterocycles. The van der Waals surface area contributed by atoms with Crippen LogP contribution in [0.15, 0.2) is 58.8 Å². The van der Waals surface area contributed by atoms with Gasteiger partial charge in [-0.1, -0.05) is 12.1 Å². The highest BCUT2D eigenvalue weighted by molar-refractivity contribution is 5.87. The predicted octanol–water partition coefficient (Wildman–Crippen LogP) is 4.65. The van der Waals surface area contributed by atoms with E-state index >= 15 is 0 Å². The second kappa shape index (κ2) is 7.36. The summed E-state index contributed by atoms with van der Waals surface area (Å²) in [5, 5.41) is 17.4. The van der Waals surface area contributed by atoms with Gasteiger partial charge in [-0.2, -0.15) is 5.11 Å². The highest BCUT2D eigenvalue weighted by Crippen LogP contribution is 2.29. The number of nitrogens with zero attached hydrogens (tertiary/aromatic N) is 3. The number of azo groups is 1. The van der Waals surface area contributed by atoms with Crippen LogP contribution in [0.5, 0.6) is 0 Å². The van der Waals surface area contributed by atoms with Gasteiger partial charge >= 0.3 is 5.97 Å². The Morgan fingerprint density at radius 3 is 2.23 bits per heavy atom. The quantitative estimate of drug-likeness (QED) is 0.789. The largest absolute Gasteiger partial charge is 0.478 e. The lowest BCUT2D eigenvalue weighted by Gasteiger charge is -2.22. The van der Waals surface area contributed by atoms with Crippen molar-refractivity contribution in [2.75, 3.05) is 18.0 Å². The highest BCUT2D eigenvalue weighted by atomic mass is 16.4. The number of hydrogen-bond acceptors (Lipinski definition) is 4. The first-order valence-electron chi connectivity index (χ1n) is 7.24. The molecule has 114 valence electrons. The molecule has 22 heavy (non-hydrogen) atoms. The van der Waals surface area contributed by atoms with E-state index in [9.17, 15) is 4.79 Å². The van der Waals surface area contributed by atoms with Crippen LogP contribution in [0.3, 0.4) is 0 Å². The summed E-state index contributed by atoms with van der Waals surface area (Å²) in [5.41, 5.74) is 2.70. The van der Waals surface area contributed by atoms with Crippen molar-refractivity contribution in [1.29, 1.82) is 0 Å². The summed E-state index contributed by atoms with van der Waals surface area (Å²) in [7, 11) is 0. The fourth-order valence-electron chi connectivity index (χ4n) is 2.16. The van der Waals surface area contributed by atoms with Gasteiger partial charge in [0, 0.05) is 13.1 Å². The van der Waals surface area contributed by atoms with Crippen molar-refractivity contribution >= 4 is 23.0 Å². The van der Waals surface area contributed by atoms with Crippen molar-refractivity contribution in [3.63, 3.8) is 0 Å². The normalized spacial score (nSPS) is 10.8. The van der Waals surface area contributed by atoms with Crippen molar-refractivity contribution in [2.45, 2.75) is 13.8 Å². The number of rotatable bonds is 6. The van der Waals surface area contributed by atoms with E-state index < -0.39 is 5.97 Å². The van der Waals surface area contributed by atoms with Crippen LogP contribution < -0.4 is 4.90 Å². The average Bonchev–Trinajstić information content (AvgIpc) is 2.55. The molecule has 1 N–H and O–H groups in total. The van der Waals surface area contributed by atoms with Crippen LogP contribution in [-0.2, 0) is 0 Å². The third-order valence-corrected chi connectivity index (χ3v) is 3.37. The summed E-state index contributed by atoms with van der Waals surface area (Å²) in [6.07, 6.45) is 0. The molecule has 0 aromatic heterocycles. The molecule has 5 heteroatoms. The summed E-state index contributed by atoms with van der Waals surface area (Å²) in [5.74, 6) is -0.949. The zero-order chi connectivity index (χ0) is 15.9. The minimum absolute atomic E-state index is 0.238. The van der Waals surface area contributed by atoms with Gasteiger partial charge in [-0.15, -0.1) is 5.11 Å². The Morgan fingerprint density at radius 1 is 1.00 bits per heavy atom. The fourth-order valence-corrected chi connectivity index (χ4v) is 2.16. The van der Waals surface area contributed by atoms with E-state index in [2.05, 4.69) is 29.0 Å². The Kier molecular flexibility index (Phi) is 5.25. The monoisotopic (exact) mass is 297 g/mol. The molecule has 0 saturated carbocycles. The van der Waals surface area contributed by atoms with E-state index in [-0.39, 0.29) is 5.56 Å². The maximum absolute atomic E-state index is 10.8. The van der Waals surface area contributed by atoms with Crippen LogP contribution in [0, 0.1) is 0 Å². The van der Waals surface area contributed by atoms with E-state index in [1.54, 1.807) is 12.1 Å². The molecule has 2 aromatic rings. The van der Waals surface area contributed by atoms with Crippen molar-refractivity contribution in [3.05, 3.63) is 54.1 Å². The van der Waals surface area contributed by atoms with E-state index in [4.69, 9.17) is 5.11 Å². The molecule has 0 spiro atoms. The summed E-state index contributed by atoms with van der Waals surface area (Å²) < 4.78 is 0. The number of carbonyl (C=O) groups is 1. The maximum atomic E-state index is 10.8. The zero-order valence-electron chi connectivity index (χ0n) is 12.7. The molecule has 0 aliphatic heterocycles. The lowest BCUT2D eigenvalue weighted by atomic mass is 10.2. The minimum atomic E-state index is -0.949. The van der Waals surface area contributed by atoms with Crippen molar-refractivity contribution in [3.8, 4) is 0 Å². The van der Waals surface area contributed by atoms with Crippen LogP contribution in [0.1, 0.15) is 24.2 Å². The van der Waals surface area contributed by atoms with Gasteiger partial charge in [-0.25, -0.2) is 4.79 Å². The van der Waals surface area contributed by atoms with Gasteiger partial charge in [0.2, 0.25) is 0 Å². The molecule has 2 aromatic carbocycles. The number of aromatic carboxylic acids is 1. The smallest absolute Gasteiger partial charge is 0.335 e. The molecule has 5 nitrogen and oxygen atoms in total. The van der Waals surface area contributed by atoms with Gasteiger partial charge in [0.15, 0.2) is 0 Å². The Bertz CT molecular complexity index is 662. The molecule has 0 aliphatic rings. The van der Waals surface area contributed by atoms with Gasteiger partial charge in [-0.05, 0) is 50.2 Å². The van der Waals surface area contributed by atoms with E-state index in [1.165, 1.54) is 12.1 Å². The first-order valence-corrected chi connectivity index (χ1v) is 7.24. The van der Waals surface area contributed by atoms with Crippen LogP contribution in [-0.4, -0.2) is 24.2 Å². The standard InChI is InChI=1S/C17H19N3O2/c1-3-20(4-2)16-8-6-5-7-15(16)19-18-14-11-9-13(10-12-14)17(21)22/h5-12H,3-4H2,1-2H3,(H,21,22). The first-order chi connectivity index (χ1) is 10.7. The molecule has 2 rings (SSSR count). The molecule has 0 heterocycles. The number of para-hydroxylation sites is 1. The zero-order valence-corrected chi connectivity index (χ0v) is 12.7. The third kappa shape index (κ3) is 3.69. The SMILES string of the molecule is CCN(CC)c1ccccc1N=Nc1ccc(C(=O)O)cc1. The average molecular weight is 297 g/mol. The molecule has 0 unspecified atom stereocenters. The minimum Gasteiger partial charge on any atom is -0.478 e. The topological polar surface area (TPSA) is 65.3 Å². The lowest BCUT2D eigenvalue weighted by Crippen LogP contribution is -2.21. The molecule has 0 radical (unpaired) electrons. The number of anilines is 1. The summed E-state index contributed by atoms with van der Waals surface area (Å²) >= 11 is 0. The number of benzene rings is 2. The second-order valence-corrected chi connectivity index (χ2v) is 4.71. The van der Waals surface area contributed by atoms with Gasteiger partial charge in [-0.3, -0.25) is 0 Å². The molecule has 0 bridgehead atoms. The second-order valence-electron chi connectivity index (χ2n) is 4.71. The van der Waals surface area contributed by atoms with Gasteiger partial charge in [0.1, 0.15) is 5.69 Å². The van der Waals surface area contributed by atoms with E-state index in [1.807, 2.05) is 24.3 Å². The molecule has 0 aliphatic carbocycles. The van der Waals surface area contributed by atoms with Crippen molar-refractivity contribution in [1.82, 2.24) is 0 Å². The Labute approximate surface area is 129 Å². The van der Waals surface area contributed by atoms with Crippen molar-refractivity contribution < 1.29 is 9.90 Å². The van der Waals surface area contributed by atoms with E-state index in [0.717, 1.165) is 24.5 Å². The van der Waals surface area contributed by atoms with E-state index in [0.29, 0.717) is 5.69 Å². The number of carboxylic acids is 1.